The van der Waals surface area contributed by atoms with Crippen LogP contribution in [0.4, 0.5) is 5.69 Å². The van der Waals surface area contributed by atoms with Crippen LogP contribution in [0.2, 0.25) is 0 Å². The lowest BCUT2D eigenvalue weighted by Crippen LogP contribution is -2.28. The first-order chi connectivity index (χ1) is 11.8. The summed E-state index contributed by atoms with van der Waals surface area (Å²) in [7, 11) is 0. The van der Waals surface area contributed by atoms with Crippen molar-refractivity contribution in [1.82, 2.24) is 10.3 Å². The fourth-order valence-corrected chi connectivity index (χ4v) is 3.40. The molecule has 3 rings (SSSR count). The molecule has 1 aromatic carbocycles. The van der Waals surface area contributed by atoms with Gasteiger partial charge in [0.15, 0.2) is 0 Å². The van der Waals surface area contributed by atoms with Crippen molar-refractivity contribution in [3.63, 3.8) is 0 Å². The van der Waals surface area contributed by atoms with Crippen LogP contribution >= 0.6 is 36.2 Å². The van der Waals surface area contributed by atoms with Crippen LogP contribution in [-0.2, 0) is 11.4 Å². The molecule has 0 atom stereocenters. The Kier molecular flexibility index (Phi) is 10.6. The molecule has 2 aromatic rings. The molecule has 1 aliphatic heterocycles. The normalized spacial score (nSPS) is 14.0. The Morgan fingerprint density at radius 2 is 2.12 bits per heavy atom. The number of nitrogens with zero attached hydrogens (tertiary/aromatic N) is 1. The number of rotatable bonds is 7. The summed E-state index contributed by atoms with van der Waals surface area (Å²) in [4.78, 5) is 16.3. The van der Waals surface area contributed by atoms with Crippen molar-refractivity contribution in [2.75, 3.05) is 18.4 Å². The number of halogens is 2. The number of ether oxygens (including phenoxy) is 1. The third kappa shape index (κ3) is 7.50. The minimum Gasteiger partial charge on any atom is -0.487 e. The van der Waals surface area contributed by atoms with E-state index in [0.717, 1.165) is 36.6 Å². The van der Waals surface area contributed by atoms with E-state index in [1.54, 1.807) is 16.8 Å². The van der Waals surface area contributed by atoms with Crippen molar-refractivity contribution in [2.24, 2.45) is 5.92 Å². The maximum absolute atomic E-state index is 12.1. The molecule has 2 heterocycles. The molecule has 0 unspecified atom stereocenters. The molecule has 0 spiro atoms. The van der Waals surface area contributed by atoms with Crippen molar-refractivity contribution in [1.29, 1.82) is 0 Å². The molecular weight excluding hydrogens is 393 g/mol. The van der Waals surface area contributed by atoms with Crippen LogP contribution in [0.1, 0.15) is 31.4 Å². The Labute approximate surface area is 170 Å². The summed E-state index contributed by atoms with van der Waals surface area (Å²) < 4.78 is 5.71. The lowest BCUT2D eigenvalue weighted by molar-refractivity contribution is -0.116. The molecule has 144 valence electrons. The van der Waals surface area contributed by atoms with Gasteiger partial charge in [0, 0.05) is 23.6 Å². The van der Waals surface area contributed by atoms with Gasteiger partial charge in [0.2, 0.25) is 5.91 Å². The highest BCUT2D eigenvalue weighted by Crippen LogP contribution is 2.21. The smallest absolute Gasteiger partial charge is 0.224 e. The maximum atomic E-state index is 12.1. The number of hydrogen-bond donors (Lipinski definition) is 2. The van der Waals surface area contributed by atoms with Crippen LogP contribution < -0.4 is 15.4 Å². The van der Waals surface area contributed by atoms with Crippen LogP contribution in [0.5, 0.6) is 5.75 Å². The Morgan fingerprint density at radius 1 is 1.31 bits per heavy atom. The summed E-state index contributed by atoms with van der Waals surface area (Å²) in [5, 5.41) is 8.28. The van der Waals surface area contributed by atoms with Gasteiger partial charge >= 0.3 is 0 Å². The summed E-state index contributed by atoms with van der Waals surface area (Å²) in [5.74, 6) is 1.48. The minimum atomic E-state index is 0. The molecule has 5 nitrogen and oxygen atoms in total. The first-order valence-corrected chi connectivity index (χ1v) is 9.34. The number of carbonyl (C=O) groups excluding carboxylic acids is 1. The van der Waals surface area contributed by atoms with Gasteiger partial charge in [-0.25, -0.2) is 4.98 Å². The SMILES string of the molecule is Cl.Cl.O=C(CCC1CCNCC1)Nc1cccc(OCc2cscn2)c1. The summed E-state index contributed by atoms with van der Waals surface area (Å²) in [6.45, 7) is 2.59. The van der Waals surface area contributed by atoms with E-state index in [1.165, 1.54) is 12.8 Å². The molecule has 0 bridgehead atoms. The van der Waals surface area contributed by atoms with Crippen molar-refractivity contribution >= 4 is 47.7 Å². The largest absolute Gasteiger partial charge is 0.487 e. The second-order valence-electron chi connectivity index (χ2n) is 6.08. The van der Waals surface area contributed by atoms with Crippen LogP contribution in [0.3, 0.4) is 0 Å². The molecule has 1 amide bonds. The second-order valence-corrected chi connectivity index (χ2v) is 6.80. The standard InChI is InChI=1S/C18H23N3O2S.2ClH/c22-18(5-4-14-6-8-19-9-7-14)21-15-2-1-3-17(10-15)23-11-16-12-24-13-20-16;;/h1-3,10,12-14,19H,4-9,11H2,(H,21,22);2*1H. The number of thiazole rings is 1. The number of anilines is 1. The highest BCUT2D eigenvalue weighted by atomic mass is 35.5. The van der Waals surface area contributed by atoms with E-state index >= 15 is 0 Å². The lowest BCUT2D eigenvalue weighted by atomic mass is 9.93. The number of amides is 1. The molecule has 0 radical (unpaired) electrons. The summed E-state index contributed by atoms with van der Waals surface area (Å²) in [6.07, 6.45) is 3.89. The van der Waals surface area contributed by atoms with Gasteiger partial charge in [-0.15, -0.1) is 36.2 Å². The van der Waals surface area contributed by atoms with Crippen molar-refractivity contribution in [2.45, 2.75) is 32.3 Å². The Hall–Kier alpha value is -1.34. The first-order valence-electron chi connectivity index (χ1n) is 8.40. The highest BCUT2D eigenvalue weighted by Gasteiger charge is 2.14. The van der Waals surface area contributed by atoms with E-state index < -0.39 is 0 Å². The number of nitrogens with one attached hydrogen (secondary N) is 2. The Bertz CT molecular complexity index is 650. The predicted octanol–water partition coefficient (Wildman–Crippen LogP) is 4.28. The molecule has 1 saturated heterocycles. The molecule has 8 heteroatoms. The average Bonchev–Trinajstić information content (AvgIpc) is 3.13. The zero-order valence-corrected chi connectivity index (χ0v) is 16.9. The molecule has 2 N–H and O–H groups in total. The summed E-state index contributed by atoms with van der Waals surface area (Å²) in [5.41, 5.74) is 3.48. The topological polar surface area (TPSA) is 63.2 Å². The summed E-state index contributed by atoms with van der Waals surface area (Å²) in [6, 6.07) is 7.52. The molecule has 1 aliphatic rings. The quantitative estimate of drug-likeness (QED) is 0.705. The van der Waals surface area contributed by atoms with Gasteiger partial charge in [-0.1, -0.05) is 6.07 Å². The molecule has 0 saturated carbocycles. The Balaban J connectivity index is 0.00000169. The molecule has 26 heavy (non-hydrogen) atoms. The van der Waals surface area contributed by atoms with Crippen LogP contribution in [-0.4, -0.2) is 24.0 Å². The fourth-order valence-electron chi connectivity index (χ4n) is 2.86. The highest BCUT2D eigenvalue weighted by molar-refractivity contribution is 7.07. The number of benzene rings is 1. The van der Waals surface area contributed by atoms with Gasteiger partial charge in [0.1, 0.15) is 12.4 Å². The fraction of sp³-hybridized carbons (Fsp3) is 0.444. The van der Waals surface area contributed by atoms with Crippen molar-refractivity contribution < 1.29 is 9.53 Å². The van der Waals surface area contributed by atoms with Crippen LogP contribution in [0.15, 0.2) is 35.2 Å². The zero-order valence-electron chi connectivity index (χ0n) is 14.5. The third-order valence-corrected chi connectivity index (χ3v) is 4.86. The Morgan fingerprint density at radius 3 is 2.85 bits per heavy atom. The van der Waals surface area contributed by atoms with Gasteiger partial charge in [-0.05, 0) is 50.4 Å². The van der Waals surface area contributed by atoms with E-state index in [4.69, 9.17) is 4.74 Å². The first kappa shape index (κ1) is 22.7. The van der Waals surface area contributed by atoms with Gasteiger partial charge in [0.25, 0.3) is 0 Å². The van der Waals surface area contributed by atoms with E-state index in [-0.39, 0.29) is 30.7 Å². The number of hydrogen-bond acceptors (Lipinski definition) is 5. The molecule has 1 fully saturated rings. The van der Waals surface area contributed by atoms with Gasteiger partial charge in [0.05, 0.1) is 11.2 Å². The minimum absolute atomic E-state index is 0. The van der Waals surface area contributed by atoms with Crippen LogP contribution in [0.25, 0.3) is 0 Å². The number of carbonyl (C=O) groups is 1. The average molecular weight is 418 g/mol. The van der Waals surface area contributed by atoms with Gasteiger partial charge in [-0.2, -0.15) is 0 Å². The lowest BCUT2D eigenvalue weighted by Gasteiger charge is -2.22. The summed E-state index contributed by atoms with van der Waals surface area (Å²) >= 11 is 1.55. The molecule has 1 aromatic heterocycles. The molecular formula is C18H25Cl2N3O2S. The van der Waals surface area contributed by atoms with Gasteiger partial charge in [-0.3, -0.25) is 4.79 Å². The maximum Gasteiger partial charge on any atom is 0.224 e. The van der Waals surface area contributed by atoms with E-state index in [9.17, 15) is 4.79 Å². The van der Waals surface area contributed by atoms with Gasteiger partial charge < -0.3 is 15.4 Å². The van der Waals surface area contributed by atoms with Crippen molar-refractivity contribution in [3.8, 4) is 5.75 Å². The monoisotopic (exact) mass is 417 g/mol. The molecule has 0 aliphatic carbocycles. The van der Waals surface area contributed by atoms with Crippen molar-refractivity contribution in [3.05, 3.63) is 40.8 Å². The predicted molar refractivity (Wildman–Crippen MR) is 111 cm³/mol. The third-order valence-electron chi connectivity index (χ3n) is 4.23. The zero-order chi connectivity index (χ0) is 16.6. The second kappa shape index (κ2) is 12.1. The van der Waals surface area contributed by atoms with E-state index in [2.05, 4.69) is 15.6 Å². The van der Waals surface area contributed by atoms with Crippen LogP contribution in [0, 0.1) is 5.92 Å². The number of aromatic nitrogens is 1. The van der Waals surface area contributed by atoms with E-state index in [1.807, 2.05) is 29.6 Å². The number of piperidine rings is 1. The van der Waals surface area contributed by atoms with E-state index in [0.29, 0.717) is 18.9 Å².